The highest BCUT2D eigenvalue weighted by Gasteiger charge is 2.33. The first-order chi connectivity index (χ1) is 18.3. The Labute approximate surface area is 240 Å². The Morgan fingerprint density at radius 2 is 1.49 bits per heavy atom. The molecule has 0 saturated carbocycles. The van der Waals surface area contributed by atoms with Crippen LogP contribution in [0.15, 0.2) is 71.6 Å². The maximum atomic E-state index is 14.0. The Balaban J connectivity index is 2.08. The number of hydrogen-bond donors (Lipinski definition) is 1. The van der Waals surface area contributed by atoms with Gasteiger partial charge in [-0.25, -0.2) is 8.42 Å². The summed E-state index contributed by atoms with van der Waals surface area (Å²) in [4.78, 5) is 28.3. The molecule has 0 bridgehead atoms. The number of nitrogens with zero attached hydrogens (tertiary/aromatic N) is 2. The summed E-state index contributed by atoms with van der Waals surface area (Å²) in [7, 11) is -4.21. The highest BCUT2D eigenvalue weighted by molar-refractivity contribution is 7.92. The van der Waals surface area contributed by atoms with Gasteiger partial charge in [0.15, 0.2) is 0 Å². The van der Waals surface area contributed by atoms with E-state index in [1.165, 1.54) is 35.2 Å². The largest absolute Gasteiger partial charge is 0.352 e. The molecule has 3 aromatic carbocycles. The van der Waals surface area contributed by atoms with Crippen LogP contribution in [0.4, 0.5) is 5.69 Å². The van der Waals surface area contributed by atoms with Crippen LogP contribution in [0.2, 0.25) is 10.0 Å². The molecule has 2 amide bonds. The van der Waals surface area contributed by atoms with Crippen LogP contribution in [0.1, 0.15) is 37.5 Å². The highest BCUT2D eigenvalue weighted by Crippen LogP contribution is 2.30. The van der Waals surface area contributed by atoms with Crippen molar-refractivity contribution >= 4 is 50.7 Å². The summed E-state index contributed by atoms with van der Waals surface area (Å²) in [5, 5.41) is 3.28. The van der Waals surface area contributed by atoms with Gasteiger partial charge in [-0.2, -0.15) is 0 Å². The molecule has 0 fully saturated rings. The molecule has 0 saturated heterocycles. The first-order valence-corrected chi connectivity index (χ1v) is 14.7. The van der Waals surface area contributed by atoms with E-state index < -0.39 is 28.5 Å². The second-order valence-corrected chi connectivity index (χ2v) is 12.5. The average molecular weight is 591 g/mol. The number of halogens is 2. The van der Waals surface area contributed by atoms with Crippen molar-refractivity contribution in [2.24, 2.45) is 0 Å². The topological polar surface area (TPSA) is 86.8 Å². The minimum absolute atomic E-state index is 0.00745. The van der Waals surface area contributed by atoms with Crippen LogP contribution in [-0.4, -0.2) is 43.8 Å². The maximum absolute atomic E-state index is 14.0. The van der Waals surface area contributed by atoms with Crippen LogP contribution >= 0.6 is 23.2 Å². The Bertz CT molecular complexity index is 1420. The minimum Gasteiger partial charge on any atom is -0.352 e. The third kappa shape index (κ3) is 7.75. The molecule has 10 heteroatoms. The summed E-state index contributed by atoms with van der Waals surface area (Å²) in [6.07, 6.45) is 0. The number of sulfonamides is 1. The van der Waals surface area contributed by atoms with Crippen LogP contribution in [0.25, 0.3) is 0 Å². The Kier molecular flexibility index (Phi) is 10.0. The standard InChI is InChI=1S/C29H33Cl2N3O4S/c1-19(2)32-29(36)22(5)33(17-23-9-7-6-8-21(23)4)28(35)18-34(26-15-24(30)14-25(31)16-26)39(37,38)27-12-10-20(3)11-13-27/h6-16,19,22H,17-18H2,1-5H3,(H,32,36). The fraction of sp³-hybridized carbons (Fsp3) is 0.310. The lowest BCUT2D eigenvalue weighted by atomic mass is 10.1. The van der Waals surface area contributed by atoms with Crippen molar-refractivity contribution in [3.63, 3.8) is 0 Å². The number of rotatable bonds is 10. The van der Waals surface area contributed by atoms with E-state index in [1.54, 1.807) is 19.1 Å². The Morgan fingerprint density at radius 3 is 2.05 bits per heavy atom. The summed E-state index contributed by atoms with van der Waals surface area (Å²) in [5.41, 5.74) is 2.81. The molecule has 208 valence electrons. The monoisotopic (exact) mass is 589 g/mol. The molecule has 0 aromatic heterocycles. The third-order valence-electron chi connectivity index (χ3n) is 6.22. The SMILES string of the molecule is Cc1ccc(S(=O)(=O)N(CC(=O)N(Cc2ccccc2C)C(C)C(=O)NC(C)C)c2cc(Cl)cc(Cl)c2)cc1. The van der Waals surface area contributed by atoms with Crippen LogP contribution in [0.3, 0.4) is 0 Å². The van der Waals surface area contributed by atoms with Gasteiger partial charge in [0, 0.05) is 22.6 Å². The van der Waals surface area contributed by atoms with Crippen molar-refractivity contribution in [1.29, 1.82) is 0 Å². The number of carbonyl (C=O) groups is 2. The number of amides is 2. The predicted octanol–water partition coefficient (Wildman–Crippen LogP) is 5.75. The van der Waals surface area contributed by atoms with Crippen LogP contribution in [0, 0.1) is 13.8 Å². The van der Waals surface area contributed by atoms with Gasteiger partial charge in [-0.05, 0) is 76.1 Å². The molecule has 1 atom stereocenters. The lowest BCUT2D eigenvalue weighted by Crippen LogP contribution is -2.52. The third-order valence-corrected chi connectivity index (χ3v) is 8.45. The number of nitrogens with one attached hydrogen (secondary N) is 1. The van der Waals surface area contributed by atoms with Gasteiger partial charge in [-0.3, -0.25) is 13.9 Å². The molecule has 0 radical (unpaired) electrons. The van der Waals surface area contributed by atoms with Gasteiger partial charge >= 0.3 is 0 Å². The van der Waals surface area contributed by atoms with Crippen molar-refractivity contribution in [1.82, 2.24) is 10.2 Å². The molecule has 1 N–H and O–H groups in total. The van der Waals surface area contributed by atoms with Gasteiger partial charge in [0.25, 0.3) is 10.0 Å². The zero-order valence-electron chi connectivity index (χ0n) is 22.6. The molecule has 0 spiro atoms. The molecule has 0 heterocycles. The molecule has 7 nitrogen and oxygen atoms in total. The fourth-order valence-corrected chi connectivity index (χ4v) is 5.92. The predicted molar refractivity (Wildman–Crippen MR) is 157 cm³/mol. The van der Waals surface area contributed by atoms with Gasteiger partial charge in [0.05, 0.1) is 10.6 Å². The number of carbonyl (C=O) groups excluding carboxylic acids is 2. The van der Waals surface area contributed by atoms with E-state index in [-0.39, 0.29) is 39.1 Å². The highest BCUT2D eigenvalue weighted by atomic mass is 35.5. The van der Waals surface area contributed by atoms with Crippen molar-refractivity contribution in [2.75, 3.05) is 10.8 Å². The van der Waals surface area contributed by atoms with Gasteiger partial charge in [-0.1, -0.05) is 65.2 Å². The zero-order valence-corrected chi connectivity index (χ0v) is 24.9. The molecular weight excluding hydrogens is 557 g/mol. The quantitative estimate of drug-likeness (QED) is 0.326. The molecule has 0 aliphatic heterocycles. The average Bonchev–Trinajstić information content (AvgIpc) is 2.85. The molecule has 0 aliphatic rings. The first-order valence-electron chi connectivity index (χ1n) is 12.5. The van der Waals surface area contributed by atoms with Crippen LogP contribution in [0.5, 0.6) is 0 Å². The van der Waals surface area contributed by atoms with Gasteiger partial charge in [0.2, 0.25) is 11.8 Å². The lowest BCUT2D eigenvalue weighted by Gasteiger charge is -2.32. The lowest BCUT2D eigenvalue weighted by molar-refractivity contribution is -0.139. The summed E-state index contributed by atoms with van der Waals surface area (Å²) < 4.78 is 28.7. The van der Waals surface area contributed by atoms with E-state index in [4.69, 9.17) is 23.2 Å². The molecule has 39 heavy (non-hydrogen) atoms. The number of anilines is 1. The smallest absolute Gasteiger partial charge is 0.264 e. The number of hydrogen-bond acceptors (Lipinski definition) is 4. The number of aryl methyl sites for hydroxylation is 2. The van der Waals surface area contributed by atoms with E-state index >= 15 is 0 Å². The summed E-state index contributed by atoms with van der Waals surface area (Å²) >= 11 is 12.4. The second kappa shape index (κ2) is 12.9. The van der Waals surface area contributed by atoms with Crippen molar-refractivity contribution in [3.05, 3.63) is 93.5 Å². The normalized spacial score (nSPS) is 12.2. The number of benzene rings is 3. The van der Waals surface area contributed by atoms with Crippen molar-refractivity contribution < 1.29 is 18.0 Å². The van der Waals surface area contributed by atoms with Crippen LogP contribution < -0.4 is 9.62 Å². The summed E-state index contributed by atoms with van der Waals surface area (Å²) in [6, 6.07) is 17.2. The molecule has 3 aromatic rings. The van der Waals surface area contributed by atoms with Gasteiger partial charge in [0.1, 0.15) is 12.6 Å². The minimum atomic E-state index is -4.21. The molecule has 3 rings (SSSR count). The van der Waals surface area contributed by atoms with E-state index in [9.17, 15) is 18.0 Å². The van der Waals surface area contributed by atoms with Crippen LogP contribution in [-0.2, 0) is 26.2 Å². The maximum Gasteiger partial charge on any atom is 0.264 e. The van der Waals surface area contributed by atoms with Crippen molar-refractivity contribution in [3.8, 4) is 0 Å². The second-order valence-electron chi connectivity index (χ2n) is 9.74. The zero-order chi connectivity index (χ0) is 28.9. The van der Waals surface area contributed by atoms with E-state index in [2.05, 4.69) is 5.32 Å². The summed E-state index contributed by atoms with van der Waals surface area (Å²) in [5.74, 6) is -0.901. The Hall–Kier alpha value is -3.07. The fourth-order valence-electron chi connectivity index (χ4n) is 4.01. The molecule has 0 aliphatic carbocycles. The van der Waals surface area contributed by atoms with E-state index in [1.807, 2.05) is 52.0 Å². The van der Waals surface area contributed by atoms with Gasteiger partial charge in [-0.15, -0.1) is 0 Å². The first kappa shape index (κ1) is 30.5. The van der Waals surface area contributed by atoms with E-state index in [0.29, 0.717) is 0 Å². The van der Waals surface area contributed by atoms with Crippen molar-refractivity contribution in [2.45, 2.75) is 58.1 Å². The van der Waals surface area contributed by atoms with Gasteiger partial charge < -0.3 is 10.2 Å². The van der Waals surface area contributed by atoms with E-state index in [0.717, 1.165) is 21.0 Å². The Morgan fingerprint density at radius 1 is 0.897 bits per heavy atom. The molecule has 1 unspecified atom stereocenters. The molecular formula is C29H33Cl2N3O4S. The summed E-state index contributed by atoms with van der Waals surface area (Å²) in [6.45, 7) is 8.60.